The van der Waals surface area contributed by atoms with Crippen LogP contribution in [-0.4, -0.2) is 30.1 Å². The molecule has 0 spiro atoms. The zero-order valence-corrected chi connectivity index (χ0v) is 14.8. The molecule has 0 aliphatic carbocycles. The summed E-state index contributed by atoms with van der Waals surface area (Å²) in [4.78, 5) is 14.3. The highest BCUT2D eigenvalue weighted by atomic mass is 35.5. The highest BCUT2D eigenvalue weighted by Crippen LogP contribution is 2.34. The predicted octanol–water partition coefficient (Wildman–Crippen LogP) is 4.18. The fourth-order valence-corrected chi connectivity index (χ4v) is 3.06. The molecule has 2 atom stereocenters. The van der Waals surface area contributed by atoms with Crippen LogP contribution in [0, 0.1) is 0 Å². The second-order valence-electron chi connectivity index (χ2n) is 5.74. The van der Waals surface area contributed by atoms with E-state index < -0.39 is 6.10 Å². The van der Waals surface area contributed by atoms with E-state index in [-0.39, 0.29) is 12.0 Å². The van der Waals surface area contributed by atoms with Crippen molar-refractivity contribution >= 4 is 29.1 Å². The van der Waals surface area contributed by atoms with E-state index >= 15 is 0 Å². The number of halogens is 2. The van der Waals surface area contributed by atoms with E-state index in [1.54, 1.807) is 30.1 Å². The summed E-state index contributed by atoms with van der Waals surface area (Å²) in [5.41, 5.74) is 0.821. The Balaban J connectivity index is 1.74. The van der Waals surface area contributed by atoms with Crippen LogP contribution in [0.1, 0.15) is 12.5 Å². The third-order valence-corrected chi connectivity index (χ3v) is 4.47. The number of likely N-dealkylation sites (N-methyl/N-ethyl adjacent to an activating group) is 1. The Morgan fingerprint density at radius 1 is 1.12 bits per heavy atom. The molecular formula is C18H17Cl2NO3. The molecule has 3 rings (SSSR count). The fraction of sp³-hybridized carbons (Fsp3) is 0.278. The van der Waals surface area contributed by atoms with Gasteiger partial charge in [-0.3, -0.25) is 4.79 Å². The normalized spacial score (nSPS) is 19.0. The minimum Gasteiger partial charge on any atom is -0.482 e. The Bertz CT molecular complexity index is 766. The van der Waals surface area contributed by atoms with Gasteiger partial charge in [-0.15, -0.1) is 0 Å². The average molecular weight is 366 g/mol. The number of rotatable bonds is 3. The first-order valence-corrected chi connectivity index (χ1v) is 8.32. The van der Waals surface area contributed by atoms with Crippen molar-refractivity contribution in [3.8, 4) is 11.5 Å². The molecule has 1 heterocycles. The van der Waals surface area contributed by atoms with Crippen LogP contribution < -0.4 is 9.47 Å². The van der Waals surface area contributed by atoms with E-state index in [9.17, 15) is 4.79 Å². The standard InChI is InChI=1S/C18H17Cl2NO3/c1-11-17(24-16-6-4-3-5-15(16)23-11)18(22)21(2)10-12-7-8-13(19)9-14(12)20/h3-9,11,17H,10H2,1-2H3. The third kappa shape index (κ3) is 3.45. The Kier molecular flexibility index (Phi) is 4.88. The second-order valence-corrected chi connectivity index (χ2v) is 6.58. The molecule has 0 radical (unpaired) electrons. The summed E-state index contributed by atoms with van der Waals surface area (Å²) >= 11 is 12.1. The van der Waals surface area contributed by atoms with Gasteiger partial charge >= 0.3 is 0 Å². The van der Waals surface area contributed by atoms with Gasteiger partial charge in [-0.25, -0.2) is 0 Å². The number of hydrogen-bond acceptors (Lipinski definition) is 3. The number of carbonyl (C=O) groups excluding carboxylic acids is 1. The van der Waals surface area contributed by atoms with Crippen molar-refractivity contribution in [2.75, 3.05) is 7.05 Å². The lowest BCUT2D eigenvalue weighted by atomic mass is 10.1. The summed E-state index contributed by atoms with van der Waals surface area (Å²) in [5.74, 6) is 1.06. The molecular weight excluding hydrogens is 349 g/mol. The molecule has 0 fully saturated rings. The second kappa shape index (κ2) is 6.91. The van der Waals surface area contributed by atoms with E-state index in [1.165, 1.54) is 0 Å². The third-order valence-electron chi connectivity index (χ3n) is 3.88. The summed E-state index contributed by atoms with van der Waals surface area (Å²) < 4.78 is 11.6. The van der Waals surface area contributed by atoms with E-state index in [4.69, 9.17) is 32.7 Å². The van der Waals surface area contributed by atoms with Gasteiger partial charge in [-0.2, -0.15) is 0 Å². The first-order valence-electron chi connectivity index (χ1n) is 7.57. The molecule has 4 nitrogen and oxygen atoms in total. The largest absolute Gasteiger partial charge is 0.482 e. The van der Waals surface area contributed by atoms with Gasteiger partial charge < -0.3 is 14.4 Å². The quantitative estimate of drug-likeness (QED) is 0.818. The molecule has 24 heavy (non-hydrogen) atoms. The maximum absolute atomic E-state index is 12.8. The van der Waals surface area contributed by atoms with Crippen molar-refractivity contribution in [2.24, 2.45) is 0 Å². The van der Waals surface area contributed by atoms with E-state index in [1.807, 2.05) is 31.2 Å². The number of benzene rings is 2. The van der Waals surface area contributed by atoms with E-state index in [0.29, 0.717) is 28.1 Å². The molecule has 2 unspecified atom stereocenters. The lowest BCUT2D eigenvalue weighted by Gasteiger charge is -2.33. The van der Waals surface area contributed by atoms with Gasteiger partial charge in [0.05, 0.1) is 0 Å². The molecule has 1 aliphatic heterocycles. The molecule has 0 bridgehead atoms. The highest BCUT2D eigenvalue weighted by molar-refractivity contribution is 6.35. The van der Waals surface area contributed by atoms with Crippen molar-refractivity contribution in [1.29, 1.82) is 0 Å². The molecule has 126 valence electrons. The van der Waals surface area contributed by atoms with Crippen molar-refractivity contribution < 1.29 is 14.3 Å². The van der Waals surface area contributed by atoms with Crippen molar-refractivity contribution in [3.63, 3.8) is 0 Å². The van der Waals surface area contributed by atoms with Crippen LogP contribution in [0.25, 0.3) is 0 Å². The van der Waals surface area contributed by atoms with Gasteiger partial charge in [0.25, 0.3) is 5.91 Å². The van der Waals surface area contributed by atoms with Gasteiger partial charge in [-0.1, -0.05) is 41.4 Å². The number of fused-ring (bicyclic) bond motifs is 1. The lowest BCUT2D eigenvalue weighted by Crippen LogP contribution is -2.49. The molecule has 6 heteroatoms. The molecule has 0 saturated carbocycles. The van der Waals surface area contributed by atoms with Crippen LogP contribution in [0.15, 0.2) is 42.5 Å². The number of hydrogen-bond donors (Lipinski definition) is 0. The van der Waals surface area contributed by atoms with Crippen LogP contribution in [-0.2, 0) is 11.3 Å². The minimum atomic E-state index is -0.698. The molecule has 1 aliphatic rings. The minimum absolute atomic E-state index is 0.164. The number of carbonyl (C=O) groups is 1. The Morgan fingerprint density at radius 3 is 2.46 bits per heavy atom. The van der Waals surface area contributed by atoms with Crippen LogP contribution in [0.3, 0.4) is 0 Å². The maximum Gasteiger partial charge on any atom is 0.267 e. The molecule has 0 aromatic heterocycles. The van der Waals surface area contributed by atoms with Crippen LogP contribution in [0.5, 0.6) is 11.5 Å². The number of nitrogens with zero attached hydrogens (tertiary/aromatic N) is 1. The summed E-state index contributed by atoms with van der Waals surface area (Å²) in [6.45, 7) is 2.19. The summed E-state index contributed by atoms with van der Waals surface area (Å²) in [6, 6.07) is 12.5. The molecule has 1 amide bonds. The maximum atomic E-state index is 12.8. The Morgan fingerprint density at radius 2 is 1.79 bits per heavy atom. The van der Waals surface area contributed by atoms with E-state index in [2.05, 4.69) is 0 Å². The number of ether oxygens (including phenoxy) is 2. The zero-order valence-electron chi connectivity index (χ0n) is 13.3. The fourth-order valence-electron chi connectivity index (χ4n) is 2.59. The van der Waals surface area contributed by atoms with Crippen LogP contribution >= 0.6 is 23.2 Å². The van der Waals surface area contributed by atoms with Gasteiger partial charge in [0, 0.05) is 23.6 Å². The van der Waals surface area contributed by atoms with Gasteiger partial charge in [0.2, 0.25) is 6.10 Å². The topological polar surface area (TPSA) is 38.8 Å². The smallest absolute Gasteiger partial charge is 0.267 e. The SMILES string of the molecule is CC1Oc2ccccc2OC1C(=O)N(C)Cc1ccc(Cl)cc1Cl. The Hall–Kier alpha value is -1.91. The number of amides is 1. The van der Waals surface area contributed by atoms with E-state index in [0.717, 1.165) is 5.56 Å². The summed E-state index contributed by atoms with van der Waals surface area (Å²) in [7, 11) is 1.71. The molecule has 0 N–H and O–H groups in total. The average Bonchev–Trinajstić information content (AvgIpc) is 2.56. The van der Waals surface area contributed by atoms with Gasteiger partial charge in [-0.05, 0) is 36.8 Å². The lowest BCUT2D eigenvalue weighted by molar-refractivity contribution is -0.143. The first kappa shape index (κ1) is 16.9. The molecule has 0 saturated heterocycles. The van der Waals surface area contributed by atoms with Gasteiger partial charge in [0.15, 0.2) is 11.5 Å². The highest BCUT2D eigenvalue weighted by Gasteiger charge is 2.35. The predicted molar refractivity (Wildman–Crippen MR) is 93.9 cm³/mol. The zero-order chi connectivity index (χ0) is 17.3. The molecule has 2 aromatic carbocycles. The van der Waals surface area contributed by atoms with Gasteiger partial charge in [0.1, 0.15) is 6.10 Å². The first-order chi connectivity index (χ1) is 11.5. The monoisotopic (exact) mass is 365 g/mol. The van der Waals surface area contributed by atoms with Crippen molar-refractivity contribution in [3.05, 3.63) is 58.1 Å². The van der Waals surface area contributed by atoms with Crippen LogP contribution in [0.2, 0.25) is 10.0 Å². The summed E-state index contributed by atoms with van der Waals surface area (Å²) in [5, 5.41) is 1.09. The molecule has 2 aromatic rings. The van der Waals surface area contributed by atoms with Crippen LogP contribution in [0.4, 0.5) is 0 Å². The van der Waals surface area contributed by atoms with Crippen molar-refractivity contribution in [2.45, 2.75) is 25.7 Å². The summed E-state index contributed by atoms with van der Waals surface area (Å²) in [6.07, 6.45) is -1.08. The number of para-hydroxylation sites is 2. The van der Waals surface area contributed by atoms with Crippen molar-refractivity contribution in [1.82, 2.24) is 4.90 Å². The Labute approximate surface area is 150 Å².